The van der Waals surface area contributed by atoms with E-state index in [0.29, 0.717) is 5.92 Å². The van der Waals surface area contributed by atoms with E-state index in [-0.39, 0.29) is 44.6 Å². The number of nitrogens with one attached hydrogen (secondary N) is 2. The van der Waals surface area contributed by atoms with Crippen LogP contribution in [0.2, 0.25) is 0 Å². The molecule has 8 rings (SSSR count). The molecule has 3 amide bonds. The number of benzene rings is 2. The van der Waals surface area contributed by atoms with Crippen molar-refractivity contribution in [3.05, 3.63) is 60.4 Å². The molecule has 2 N–H and O–H groups in total. The normalized spacial score (nSPS) is 14.0. The molecule has 12 nitrogen and oxygen atoms in total. The number of aromatic amines is 1. The fourth-order valence-electron chi connectivity index (χ4n) is 6.15. The van der Waals surface area contributed by atoms with Crippen molar-refractivity contribution in [3.8, 4) is 20.9 Å². The van der Waals surface area contributed by atoms with Crippen molar-refractivity contribution in [2.24, 2.45) is 5.92 Å². The summed E-state index contributed by atoms with van der Waals surface area (Å²) in [6, 6.07) is 17.6. The minimum atomic E-state index is -0.564. The molecule has 2 saturated heterocycles. The lowest BCUT2D eigenvalue weighted by Crippen LogP contribution is -2.38. The first-order valence-corrected chi connectivity index (χ1v) is 22.8. The monoisotopic (exact) mass is 878 g/mol. The Hall–Kier alpha value is -4.86. The number of amides is 3. The second-order valence-corrected chi connectivity index (χ2v) is 17.3. The van der Waals surface area contributed by atoms with Crippen molar-refractivity contribution in [2.45, 2.75) is 87.0 Å². The van der Waals surface area contributed by atoms with E-state index >= 15 is 0 Å². The number of rotatable bonds is 7. The number of fused-ring (bicyclic) bond motifs is 3. The van der Waals surface area contributed by atoms with E-state index in [2.05, 4.69) is 113 Å². The highest BCUT2D eigenvalue weighted by atomic mass is 32.1. The van der Waals surface area contributed by atoms with Crippen LogP contribution in [0.1, 0.15) is 87.0 Å². The highest BCUT2D eigenvalue weighted by Crippen LogP contribution is 2.42. The summed E-state index contributed by atoms with van der Waals surface area (Å²) in [5.74, 6) is 0.285. The molecule has 0 spiro atoms. The van der Waals surface area contributed by atoms with Crippen LogP contribution in [0.5, 0.6) is 0 Å². The minimum absolute atomic E-state index is 0. The van der Waals surface area contributed by atoms with Crippen molar-refractivity contribution in [1.82, 2.24) is 30.1 Å². The number of H-pyrrole nitrogens is 1. The molecule has 2 aliphatic rings. The lowest BCUT2D eigenvalue weighted by Gasteiger charge is -2.15. The summed E-state index contributed by atoms with van der Waals surface area (Å²) >= 11 is 5.38. The molecule has 0 bridgehead atoms. The molecule has 4 aromatic heterocycles. The van der Waals surface area contributed by atoms with Crippen LogP contribution >= 0.6 is 34.0 Å². The van der Waals surface area contributed by atoms with Crippen LogP contribution < -0.4 is 5.32 Å². The van der Waals surface area contributed by atoms with E-state index in [1.807, 2.05) is 33.1 Å². The van der Waals surface area contributed by atoms with Crippen LogP contribution in [-0.2, 0) is 23.9 Å². The van der Waals surface area contributed by atoms with Gasteiger partial charge in [-0.1, -0.05) is 67.0 Å². The molecule has 0 aliphatic carbocycles. The number of carbonyl (C=O) groups is 4. The Labute approximate surface area is 366 Å². The van der Waals surface area contributed by atoms with E-state index in [9.17, 15) is 19.2 Å². The smallest absolute Gasteiger partial charge is 0.407 e. The van der Waals surface area contributed by atoms with Crippen molar-refractivity contribution in [1.29, 1.82) is 0 Å². The Morgan fingerprint density at radius 3 is 2.00 bits per heavy atom. The van der Waals surface area contributed by atoms with Gasteiger partial charge in [0.1, 0.15) is 6.54 Å². The van der Waals surface area contributed by atoms with E-state index in [1.165, 1.54) is 62.0 Å². The molecule has 15 heteroatoms. The number of alkyl carbamates (subject to hydrolysis) is 1. The molecule has 6 aromatic rings. The van der Waals surface area contributed by atoms with Crippen LogP contribution in [0.25, 0.3) is 51.5 Å². The zero-order valence-electron chi connectivity index (χ0n) is 35.3. The average Bonchev–Trinajstić information content (AvgIpc) is 4.10. The number of hydrogen-bond donors (Lipinski definition) is 2. The van der Waals surface area contributed by atoms with Gasteiger partial charge in [0, 0.05) is 51.8 Å². The van der Waals surface area contributed by atoms with Gasteiger partial charge in [0.05, 0.1) is 53.7 Å². The number of carbonyl (C=O) groups excluding carboxylic acids is 4. The number of esters is 1. The lowest BCUT2D eigenvalue weighted by molar-refractivity contribution is -0.143. The summed E-state index contributed by atoms with van der Waals surface area (Å²) in [5, 5.41) is 2.37. The zero-order chi connectivity index (χ0) is 42.7. The fourth-order valence-corrected chi connectivity index (χ4v) is 9.20. The maximum atomic E-state index is 11.5. The van der Waals surface area contributed by atoms with E-state index in [1.54, 1.807) is 22.6 Å². The Morgan fingerprint density at radius 2 is 1.40 bits per heavy atom. The number of ether oxygens (including phenoxy) is 2. The van der Waals surface area contributed by atoms with E-state index in [0.717, 1.165) is 62.0 Å². The Bertz CT molecular complexity index is 2100. The van der Waals surface area contributed by atoms with Gasteiger partial charge < -0.3 is 29.6 Å². The van der Waals surface area contributed by atoms with Gasteiger partial charge in [-0.05, 0) is 72.7 Å². The maximum Gasteiger partial charge on any atom is 0.407 e. The summed E-state index contributed by atoms with van der Waals surface area (Å²) in [7, 11) is 2.61. The molecule has 2 aromatic carbocycles. The van der Waals surface area contributed by atoms with Crippen molar-refractivity contribution in [3.63, 3.8) is 0 Å². The Morgan fingerprint density at radius 1 is 0.767 bits per heavy atom. The number of nitrogens with zero attached hydrogens (tertiary/aromatic N) is 4. The molecule has 6 heterocycles. The quantitative estimate of drug-likeness (QED) is 0.151. The van der Waals surface area contributed by atoms with Crippen LogP contribution in [0.4, 0.5) is 4.79 Å². The molecule has 2 aliphatic heterocycles. The summed E-state index contributed by atoms with van der Waals surface area (Å²) in [6.07, 6.45) is 7.38. The molecule has 0 saturated carbocycles. The van der Waals surface area contributed by atoms with Crippen LogP contribution in [-0.4, -0.2) is 95.6 Å². The third-order valence-corrected chi connectivity index (χ3v) is 12.3. The fraction of sp³-hybridized carbons (Fsp3) is 0.467. The van der Waals surface area contributed by atoms with Gasteiger partial charge in [-0.3, -0.25) is 14.4 Å². The summed E-state index contributed by atoms with van der Waals surface area (Å²) in [5.41, 5.74) is 7.56. The van der Waals surface area contributed by atoms with Crippen molar-refractivity contribution in [2.75, 3.05) is 46.9 Å². The second-order valence-electron chi connectivity index (χ2n) is 14.3. The molecule has 60 heavy (non-hydrogen) atoms. The van der Waals surface area contributed by atoms with Crippen molar-refractivity contribution >= 4 is 88.5 Å². The molecule has 2 fully saturated rings. The van der Waals surface area contributed by atoms with Crippen LogP contribution in [0.15, 0.2) is 60.4 Å². The predicted octanol–water partition coefficient (Wildman–Crippen LogP) is 11.0. The molecule has 326 valence electrons. The Kier molecular flexibility index (Phi) is 21.2. The first kappa shape index (κ1) is 49.5. The van der Waals surface area contributed by atoms with E-state index < -0.39 is 6.09 Å². The molecular weight excluding hydrogens is 817 g/mol. The van der Waals surface area contributed by atoms with E-state index in [4.69, 9.17) is 0 Å². The molecule has 1 atom stereocenters. The molecule has 0 unspecified atom stereocenters. The number of imidazole rings is 1. The van der Waals surface area contributed by atoms with Gasteiger partial charge in [-0.15, -0.1) is 34.0 Å². The number of methoxy groups -OCH3 is 2. The second kappa shape index (κ2) is 25.7. The number of thiophene rings is 2. The number of likely N-dealkylation sites (tertiary alicyclic amines) is 2. The SMILES string of the molecule is C.CCC.CCC.COC(=O)CCC(=O)N1CCCC1.COC(=O)NCC(=O)N1CC[C@H](C)C1.c1nc2ccc(-c3cc4sc(-c5ccc6scnc6c5)cc4s3)cc2[nH]1. The molecule has 0 radical (unpaired) electrons. The first-order valence-electron chi connectivity index (χ1n) is 20.3. The Balaban J connectivity index is 0.000000242. The first-order chi connectivity index (χ1) is 28.5. The number of aromatic nitrogens is 3. The largest absolute Gasteiger partial charge is 0.469 e. The summed E-state index contributed by atoms with van der Waals surface area (Å²) < 4.78 is 12.7. The summed E-state index contributed by atoms with van der Waals surface area (Å²) in [6.45, 7) is 13.9. The lowest BCUT2D eigenvalue weighted by atomic mass is 10.1. The van der Waals surface area contributed by atoms with Gasteiger partial charge in [0.2, 0.25) is 11.8 Å². The highest BCUT2D eigenvalue weighted by Gasteiger charge is 2.23. The van der Waals surface area contributed by atoms with Crippen LogP contribution in [0, 0.1) is 5.92 Å². The highest BCUT2D eigenvalue weighted by molar-refractivity contribution is 7.31. The van der Waals surface area contributed by atoms with Crippen LogP contribution in [0.3, 0.4) is 0 Å². The van der Waals surface area contributed by atoms with Gasteiger partial charge in [0.25, 0.3) is 0 Å². The third-order valence-electron chi connectivity index (χ3n) is 9.10. The maximum absolute atomic E-state index is 11.5. The van der Waals surface area contributed by atoms with Gasteiger partial charge in [0.15, 0.2) is 0 Å². The average molecular weight is 879 g/mol. The standard InChI is InChI=1S/C20H11N3S3.C9H16N2O3.C9H15NO3.2C3H8.CH4/c1-3-13-14(22-9-21-13)5-11(1)17-7-19-20(25-17)8-18(26-19)12-2-4-16-15(6-12)23-10-24-16;1-7-3-4-11(6-7)8(12)5-10-9(13)14-2;1-13-9(12)5-4-8(11)10-6-2-3-7-10;2*1-3-2;/h1-10H,(H,21,22);7H,3-6H2,1-2H3,(H,10,13);2-7H2,1H3;2*3H2,1-2H3;1H4/t;7-;;;;/m.0..../s1. The van der Waals surface area contributed by atoms with Gasteiger partial charge in [-0.25, -0.2) is 14.8 Å². The number of thiazole rings is 1. The predicted molar refractivity (Wildman–Crippen MR) is 250 cm³/mol. The number of hydrogen-bond acceptors (Lipinski definition) is 11. The van der Waals surface area contributed by atoms with Gasteiger partial charge in [-0.2, -0.15) is 0 Å². The minimum Gasteiger partial charge on any atom is -0.469 e. The van der Waals surface area contributed by atoms with Crippen molar-refractivity contribution < 1.29 is 28.7 Å². The molecular formula is C45H62N6O6S3. The van der Waals surface area contributed by atoms with Gasteiger partial charge >= 0.3 is 12.1 Å². The summed E-state index contributed by atoms with van der Waals surface area (Å²) in [4.78, 5) is 62.4. The zero-order valence-corrected chi connectivity index (χ0v) is 37.7. The third kappa shape index (κ3) is 14.7. The topological polar surface area (TPSA) is 147 Å².